The summed E-state index contributed by atoms with van der Waals surface area (Å²) in [5.41, 5.74) is 1.85. The Morgan fingerprint density at radius 3 is 2.46 bits per heavy atom. The van der Waals surface area contributed by atoms with Crippen molar-refractivity contribution < 1.29 is 18.7 Å². The van der Waals surface area contributed by atoms with Crippen molar-refractivity contribution in [1.29, 1.82) is 5.41 Å². The molecule has 0 aliphatic heterocycles. The van der Waals surface area contributed by atoms with Crippen LogP contribution in [0.3, 0.4) is 0 Å². The molecule has 3 rings (SSSR count). The lowest BCUT2D eigenvalue weighted by Gasteiger charge is -2.07. The van der Waals surface area contributed by atoms with Gasteiger partial charge in [-0.05, 0) is 54.3 Å². The second-order valence-electron chi connectivity index (χ2n) is 5.83. The smallest absolute Gasteiger partial charge is 0.338 e. The first kappa shape index (κ1) is 16.2. The molecule has 24 heavy (non-hydrogen) atoms. The molecule has 1 saturated carbocycles. The summed E-state index contributed by atoms with van der Waals surface area (Å²) in [5.74, 6) is 0.271. The molecule has 0 aromatic heterocycles. The van der Waals surface area contributed by atoms with E-state index in [4.69, 9.17) is 14.9 Å². The highest BCUT2D eigenvalue weighted by atomic mass is 19.1. The first-order valence-corrected chi connectivity index (χ1v) is 7.72. The topological polar surface area (TPSA) is 59.4 Å². The maximum Gasteiger partial charge on any atom is 0.338 e. The van der Waals surface area contributed by atoms with Gasteiger partial charge in [0, 0.05) is 5.92 Å². The maximum atomic E-state index is 12.8. The van der Waals surface area contributed by atoms with E-state index in [2.05, 4.69) is 0 Å². The molecule has 1 N–H and O–H groups in total. The molecule has 2 atom stereocenters. The fourth-order valence-corrected chi connectivity index (χ4v) is 2.72. The zero-order valence-electron chi connectivity index (χ0n) is 13.3. The molecule has 2 aromatic rings. The molecule has 0 saturated heterocycles. The quantitative estimate of drug-likeness (QED) is 0.648. The maximum absolute atomic E-state index is 12.8. The summed E-state index contributed by atoms with van der Waals surface area (Å²) in [6.45, 7) is -0.0342. The Morgan fingerprint density at radius 1 is 1.17 bits per heavy atom. The Labute approximate surface area is 139 Å². The predicted octanol–water partition coefficient (Wildman–Crippen LogP) is 3.81. The molecule has 4 nitrogen and oxygen atoms in total. The van der Waals surface area contributed by atoms with Crippen LogP contribution in [0.5, 0.6) is 5.75 Å². The number of esters is 1. The monoisotopic (exact) mass is 327 g/mol. The van der Waals surface area contributed by atoms with E-state index in [1.807, 2.05) is 24.3 Å². The van der Waals surface area contributed by atoms with Crippen LogP contribution in [-0.2, 0) is 4.74 Å². The molecule has 0 heterocycles. The highest BCUT2D eigenvalue weighted by Crippen LogP contribution is 2.48. The lowest BCUT2D eigenvalue weighted by molar-refractivity contribution is 0.0560. The second kappa shape index (κ2) is 6.83. The number of nitrogens with one attached hydrogen (secondary N) is 1. The van der Waals surface area contributed by atoms with Gasteiger partial charge < -0.3 is 14.9 Å². The molecule has 0 radical (unpaired) electrons. The van der Waals surface area contributed by atoms with Crippen LogP contribution >= 0.6 is 0 Å². The SMILES string of the molecule is COc1ccc(C2CC2C(=N)COC(=O)c2ccc(F)cc2)cc1. The first-order chi connectivity index (χ1) is 11.6. The van der Waals surface area contributed by atoms with Gasteiger partial charge in [0.15, 0.2) is 0 Å². The van der Waals surface area contributed by atoms with E-state index in [1.165, 1.54) is 24.3 Å². The van der Waals surface area contributed by atoms with Crippen LogP contribution in [0.15, 0.2) is 48.5 Å². The van der Waals surface area contributed by atoms with E-state index >= 15 is 0 Å². The molecular formula is C19H18FNO3. The van der Waals surface area contributed by atoms with Gasteiger partial charge in [-0.25, -0.2) is 9.18 Å². The van der Waals surface area contributed by atoms with Crippen LogP contribution in [0.25, 0.3) is 0 Å². The molecule has 1 aliphatic rings. The van der Waals surface area contributed by atoms with E-state index in [9.17, 15) is 9.18 Å². The van der Waals surface area contributed by atoms with Gasteiger partial charge >= 0.3 is 5.97 Å². The molecule has 0 bridgehead atoms. The fraction of sp³-hybridized carbons (Fsp3) is 0.263. The van der Waals surface area contributed by atoms with Crippen LogP contribution < -0.4 is 4.74 Å². The normalized spacial score (nSPS) is 18.8. The van der Waals surface area contributed by atoms with E-state index in [0.717, 1.165) is 17.7 Å². The summed E-state index contributed by atoms with van der Waals surface area (Å²) in [5, 5.41) is 8.09. The van der Waals surface area contributed by atoms with E-state index in [0.29, 0.717) is 11.6 Å². The van der Waals surface area contributed by atoms with Crippen molar-refractivity contribution in [1.82, 2.24) is 0 Å². The number of halogens is 1. The first-order valence-electron chi connectivity index (χ1n) is 7.72. The molecule has 1 fully saturated rings. The number of benzene rings is 2. The van der Waals surface area contributed by atoms with Gasteiger partial charge in [0.25, 0.3) is 0 Å². The van der Waals surface area contributed by atoms with Crippen molar-refractivity contribution in [2.24, 2.45) is 5.92 Å². The fourth-order valence-electron chi connectivity index (χ4n) is 2.72. The van der Waals surface area contributed by atoms with Crippen LogP contribution in [0.2, 0.25) is 0 Å². The molecule has 0 amide bonds. The minimum atomic E-state index is -0.540. The van der Waals surface area contributed by atoms with Gasteiger partial charge in [-0.3, -0.25) is 0 Å². The van der Waals surface area contributed by atoms with Gasteiger partial charge in [0.1, 0.15) is 18.2 Å². The minimum absolute atomic E-state index is 0.0342. The molecule has 5 heteroatoms. The molecular weight excluding hydrogens is 309 g/mol. The summed E-state index contributed by atoms with van der Waals surface area (Å²) in [6, 6.07) is 13.0. The molecule has 2 unspecified atom stereocenters. The lowest BCUT2D eigenvalue weighted by Crippen LogP contribution is -2.15. The second-order valence-corrected chi connectivity index (χ2v) is 5.83. The van der Waals surface area contributed by atoms with Gasteiger partial charge in [-0.15, -0.1) is 0 Å². The van der Waals surface area contributed by atoms with E-state index in [1.54, 1.807) is 7.11 Å². The molecule has 0 spiro atoms. The van der Waals surface area contributed by atoms with Crippen molar-refractivity contribution in [3.05, 3.63) is 65.5 Å². The third kappa shape index (κ3) is 3.62. The summed E-state index contributed by atoms with van der Waals surface area (Å²) in [6.07, 6.45) is 0.888. The van der Waals surface area contributed by atoms with Crippen molar-refractivity contribution in [2.45, 2.75) is 12.3 Å². The van der Waals surface area contributed by atoms with Crippen LogP contribution in [0.4, 0.5) is 4.39 Å². The van der Waals surface area contributed by atoms with Crippen molar-refractivity contribution in [3.63, 3.8) is 0 Å². The Bertz CT molecular complexity index is 740. The van der Waals surface area contributed by atoms with Gasteiger partial charge in [0.05, 0.1) is 18.4 Å². The number of hydrogen-bond acceptors (Lipinski definition) is 4. The molecule has 2 aromatic carbocycles. The number of carbonyl (C=O) groups excluding carboxylic acids is 1. The van der Waals surface area contributed by atoms with Crippen LogP contribution in [0.1, 0.15) is 28.3 Å². The third-order valence-electron chi connectivity index (χ3n) is 4.22. The van der Waals surface area contributed by atoms with Crippen LogP contribution in [-0.4, -0.2) is 25.4 Å². The van der Waals surface area contributed by atoms with Crippen molar-refractivity contribution in [3.8, 4) is 5.75 Å². The summed E-state index contributed by atoms with van der Waals surface area (Å²) >= 11 is 0. The minimum Gasteiger partial charge on any atom is -0.497 e. The number of methoxy groups -OCH3 is 1. The zero-order valence-corrected chi connectivity index (χ0v) is 13.3. The third-order valence-corrected chi connectivity index (χ3v) is 4.22. The average Bonchev–Trinajstić information content (AvgIpc) is 3.41. The van der Waals surface area contributed by atoms with E-state index in [-0.39, 0.29) is 18.1 Å². The zero-order chi connectivity index (χ0) is 17.1. The Balaban J connectivity index is 1.51. The van der Waals surface area contributed by atoms with Gasteiger partial charge in [-0.2, -0.15) is 0 Å². The standard InChI is InChI=1S/C19H18FNO3/c1-23-15-8-4-12(5-9-15)16-10-17(16)18(21)11-24-19(22)13-2-6-14(20)7-3-13/h2-9,16-17,21H,10-11H2,1H3. The average molecular weight is 327 g/mol. The summed E-state index contributed by atoms with van der Waals surface area (Å²) in [4.78, 5) is 11.9. The molecule has 124 valence electrons. The predicted molar refractivity (Wildman–Crippen MR) is 88.3 cm³/mol. The lowest BCUT2D eigenvalue weighted by atomic mass is 10.1. The number of ether oxygens (including phenoxy) is 2. The largest absolute Gasteiger partial charge is 0.497 e. The Kier molecular flexibility index (Phi) is 4.60. The Morgan fingerprint density at radius 2 is 1.83 bits per heavy atom. The number of carbonyl (C=O) groups is 1. The number of hydrogen-bond donors (Lipinski definition) is 1. The highest BCUT2D eigenvalue weighted by molar-refractivity contribution is 5.94. The Hall–Kier alpha value is -2.69. The molecule has 1 aliphatic carbocycles. The summed E-state index contributed by atoms with van der Waals surface area (Å²) < 4.78 is 23.1. The van der Waals surface area contributed by atoms with Crippen molar-refractivity contribution in [2.75, 3.05) is 13.7 Å². The number of rotatable bonds is 6. The van der Waals surface area contributed by atoms with E-state index < -0.39 is 11.8 Å². The summed E-state index contributed by atoms with van der Waals surface area (Å²) in [7, 11) is 1.63. The van der Waals surface area contributed by atoms with Gasteiger partial charge in [0.2, 0.25) is 0 Å². The van der Waals surface area contributed by atoms with Crippen LogP contribution in [0, 0.1) is 17.1 Å². The van der Waals surface area contributed by atoms with Gasteiger partial charge in [-0.1, -0.05) is 12.1 Å². The van der Waals surface area contributed by atoms with Crippen molar-refractivity contribution >= 4 is 11.7 Å². The highest BCUT2D eigenvalue weighted by Gasteiger charge is 2.41.